The zero-order valence-electron chi connectivity index (χ0n) is 14.3. The van der Waals surface area contributed by atoms with Gasteiger partial charge >= 0.3 is 0 Å². The summed E-state index contributed by atoms with van der Waals surface area (Å²) in [4.78, 5) is 4.52. The van der Waals surface area contributed by atoms with E-state index in [1.807, 2.05) is 0 Å². The van der Waals surface area contributed by atoms with Gasteiger partial charge in [-0.2, -0.15) is 5.10 Å². The van der Waals surface area contributed by atoms with Crippen molar-refractivity contribution in [2.45, 2.75) is 46.0 Å². The number of hydrogen-bond acceptors (Lipinski definition) is 2. The smallest absolute Gasteiger partial charge is 0.159 e. The van der Waals surface area contributed by atoms with Crippen LogP contribution in [0.15, 0.2) is 24.4 Å². The van der Waals surface area contributed by atoms with Crippen molar-refractivity contribution in [3.63, 3.8) is 0 Å². The molecule has 0 N–H and O–H groups in total. The van der Waals surface area contributed by atoms with E-state index in [1.54, 1.807) is 16.8 Å². The van der Waals surface area contributed by atoms with Crippen molar-refractivity contribution in [1.82, 2.24) is 14.6 Å². The van der Waals surface area contributed by atoms with Gasteiger partial charge in [0, 0.05) is 17.3 Å². The lowest BCUT2D eigenvalue weighted by atomic mass is 10.1. The number of nitrogens with zero attached hydrogens (tertiary/aromatic N) is 3. The molecule has 0 saturated carbocycles. The van der Waals surface area contributed by atoms with Gasteiger partial charge in [-0.3, -0.25) is 0 Å². The number of aryl methyl sites for hydroxylation is 2. The first-order chi connectivity index (χ1) is 12.1. The van der Waals surface area contributed by atoms with E-state index >= 15 is 0 Å². The fourth-order valence-electron chi connectivity index (χ4n) is 3.05. The van der Waals surface area contributed by atoms with Crippen LogP contribution in [-0.2, 0) is 12.8 Å². The number of fused-ring (bicyclic) bond motifs is 1. The molecule has 6 heteroatoms. The molecule has 0 unspecified atom stereocenters. The van der Waals surface area contributed by atoms with E-state index in [0.717, 1.165) is 30.6 Å². The molecule has 0 spiro atoms. The SMILES string of the molecule is CCCCCc1c(CC)nn2c(-c3cc(F)c(Cl)cc3Cl)ccnc12. The van der Waals surface area contributed by atoms with Gasteiger partial charge in [0.25, 0.3) is 0 Å². The van der Waals surface area contributed by atoms with Gasteiger partial charge in [-0.1, -0.05) is 49.9 Å². The Labute approximate surface area is 156 Å². The van der Waals surface area contributed by atoms with Crippen molar-refractivity contribution in [3.8, 4) is 11.3 Å². The molecular weight excluding hydrogens is 360 g/mol. The number of halogens is 3. The van der Waals surface area contributed by atoms with Crippen molar-refractivity contribution >= 4 is 28.8 Å². The summed E-state index contributed by atoms with van der Waals surface area (Å²) in [6.45, 7) is 4.27. The lowest BCUT2D eigenvalue weighted by molar-refractivity contribution is 0.628. The third kappa shape index (κ3) is 3.51. The molecule has 0 amide bonds. The van der Waals surface area contributed by atoms with Crippen LogP contribution in [0.3, 0.4) is 0 Å². The van der Waals surface area contributed by atoms with E-state index in [2.05, 4.69) is 18.8 Å². The molecule has 25 heavy (non-hydrogen) atoms. The summed E-state index contributed by atoms with van der Waals surface area (Å²) in [5.74, 6) is -0.503. The van der Waals surface area contributed by atoms with Gasteiger partial charge in [-0.05, 0) is 37.5 Å². The van der Waals surface area contributed by atoms with Crippen molar-refractivity contribution in [3.05, 3.63) is 51.5 Å². The van der Waals surface area contributed by atoms with E-state index in [0.29, 0.717) is 16.3 Å². The quantitative estimate of drug-likeness (QED) is 0.380. The van der Waals surface area contributed by atoms with E-state index in [9.17, 15) is 4.39 Å². The van der Waals surface area contributed by atoms with E-state index in [-0.39, 0.29) is 5.02 Å². The molecule has 3 nitrogen and oxygen atoms in total. The molecule has 0 saturated heterocycles. The third-order valence-electron chi connectivity index (χ3n) is 4.35. The summed E-state index contributed by atoms with van der Waals surface area (Å²) in [5, 5.41) is 5.12. The fraction of sp³-hybridized carbons (Fsp3) is 0.368. The molecule has 0 aliphatic heterocycles. The van der Waals surface area contributed by atoms with E-state index in [4.69, 9.17) is 28.3 Å². The van der Waals surface area contributed by atoms with E-state index in [1.165, 1.54) is 30.5 Å². The lowest BCUT2D eigenvalue weighted by Gasteiger charge is -2.08. The van der Waals surface area contributed by atoms with Crippen LogP contribution < -0.4 is 0 Å². The van der Waals surface area contributed by atoms with Gasteiger partial charge in [0.05, 0.1) is 21.4 Å². The first-order valence-corrected chi connectivity index (χ1v) is 9.32. The monoisotopic (exact) mass is 379 g/mol. The Morgan fingerprint density at radius 1 is 1.12 bits per heavy atom. The number of aromatic nitrogens is 3. The number of unbranched alkanes of at least 4 members (excludes halogenated alkanes) is 2. The first kappa shape index (κ1) is 18.2. The second-order valence-electron chi connectivity index (χ2n) is 6.05. The minimum Gasteiger partial charge on any atom is -0.237 e. The predicted molar refractivity (Wildman–Crippen MR) is 101 cm³/mol. The molecule has 2 heterocycles. The Bertz CT molecular complexity index is 905. The summed E-state index contributed by atoms with van der Waals surface area (Å²) >= 11 is 12.1. The van der Waals surface area contributed by atoms with Crippen LogP contribution in [0.1, 0.15) is 44.4 Å². The van der Waals surface area contributed by atoms with Gasteiger partial charge < -0.3 is 0 Å². The Morgan fingerprint density at radius 2 is 1.92 bits per heavy atom. The van der Waals surface area contributed by atoms with Crippen LogP contribution in [0.5, 0.6) is 0 Å². The van der Waals surface area contributed by atoms with Gasteiger partial charge in [0.15, 0.2) is 5.65 Å². The maximum atomic E-state index is 14.0. The molecule has 2 aromatic heterocycles. The average molecular weight is 380 g/mol. The number of hydrogen-bond donors (Lipinski definition) is 0. The van der Waals surface area contributed by atoms with Crippen LogP contribution in [0, 0.1) is 5.82 Å². The number of benzene rings is 1. The summed E-state index contributed by atoms with van der Waals surface area (Å²) in [7, 11) is 0. The molecule has 0 bridgehead atoms. The average Bonchev–Trinajstić information content (AvgIpc) is 2.96. The largest absolute Gasteiger partial charge is 0.237 e. The van der Waals surface area contributed by atoms with Gasteiger partial charge in [-0.25, -0.2) is 13.9 Å². The highest BCUT2D eigenvalue weighted by Gasteiger charge is 2.17. The standard InChI is InChI=1S/C19H20Cl2FN3/c1-3-5-6-7-12-17(4-2)24-25-18(8-9-23-19(12)25)13-10-16(22)15(21)11-14(13)20/h8-11H,3-7H2,1-2H3. The summed E-state index contributed by atoms with van der Waals surface area (Å²) < 4.78 is 15.7. The van der Waals surface area contributed by atoms with Gasteiger partial charge in [0.1, 0.15) is 5.82 Å². The van der Waals surface area contributed by atoms with Crippen LogP contribution in [0.4, 0.5) is 4.39 Å². The van der Waals surface area contributed by atoms with Crippen LogP contribution in [0.25, 0.3) is 16.9 Å². The molecular formula is C19H20Cl2FN3. The molecule has 0 fully saturated rings. The minimum atomic E-state index is -0.503. The molecule has 3 aromatic rings. The summed E-state index contributed by atoms with van der Waals surface area (Å²) in [5.41, 5.74) is 4.28. The Hall–Kier alpha value is -1.65. The topological polar surface area (TPSA) is 30.2 Å². The Kier molecular flexibility index (Phi) is 5.60. The lowest BCUT2D eigenvalue weighted by Crippen LogP contribution is -1.98. The second kappa shape index (κ2) is 7.71. The van der Waals surface area contributed by atoms with Gasteiger partial charge in [-0.15, -0.1) is 0 Å². The molecule has 132 valence electrons. The van der Waals surface area contributed by atoms with Crippen molar-refractivity contribution in [2.24, 2.45) is 0 Å². The minimum absolute atomic E-state index is 0.00835. The molecule has 0 aliphatic carbocycles. The van der Waals surface area contributed by atoms with Crippen LogP contribution in [-0.4, -0.2) is 14.6 Å². The van der Waals surface area contributed by atoms with Crippen molar-refractivity contribution < 1.29 is 4.39 Å². The third-order valence-corrected chi connectivity index (χ3v) is 4.95. The highest BCUT2D eigenvalue weighted by atomic mass is 35.5. The first-order valence-electron chi connectivity index (χ1n) is 8.57. The summed E-state index contributed by atoms with van der Waals surface area (Å²) in [6, 6.07) is 4.57. The maximum Gasteiger partial charge on any atom is 0.159 e. The molecule has 0 atom stereocenters. The zero-order chi connectivity index (χ0) is 18.0. The Morgan fingerprint density at radius 3 is 2.64 bits per heavy atom. The molecule has 0 radical (unpaired) electrons. The second-order valence-corrected chi connectivity index (χ2v) is 6.86. The highest BCUT2D eigenvalue weighted by Crippen LogP contribution is 2.33. The fourth-order valence-corrected chi connectivity index (χ4v) is 3.53. The Balaban J connectivity index is 2.16. The highest BCUT2D eigenvalue weighted by molar-refractivity contribution is 6.36. The van der Waals surface area contributed by atoms with E-state index < -0.39 is 5.82 Å². The molecule has 1 aromatic carbocycles. The van der Waals surface area contributed by atoms with Crippen LogP contribution in [0.2, 0.25) is 10.0 Å². The van der Waals surface area contributed by atoms with Crippen LogP contribution >= 0.6 is 23.2 Å². The molecule has 0 aliphatic rings. The predicted octanol–water partition coefficient (Wildman–Crippen LogP) is 6.14. The van der Waals surface area contributed by atoms with Crippen molar-refractivity contribution in [2.75, 3.05) is 0 Å². The zero-order valence-corrected chi connectivity index (χ0v) is 15.8. The number of rotatable bonds is 6. The van der Waals surface area contributed by atoms with Gasteiger partial charge in [0.2, 0.25) is 0 Å². The molecule has 3 rings (SSSR count). The van der Waals surface area contributed by atoms with Crippen molar-refractivity contribution in [1.29, 1.82) is 0 Å². The maximum absolute atomic E-state index is 14.0. The summed E-state index contributed by atoms with van der Waals surface area (Å²) in [6.07, 6.45) is 6.94. The normalized spacial score (nSPS) is 11.4.